The lowest BCUT2D eigenvalue weighted by molar-refractivity contribution is -0.144. The van der Waals surface area contributed by atoms with Crippen molar-refractivity contribution in [3.8, 4) is 11.5 Å². The Balaban J connectivity index is 2.20. The Kier molecular flexibility index (Phi) is 6.26. The number of hydrazone groups is 1. The Labute approximate surface area is 149 Å². The van der Waals surface area contributed by atoms with Crippen molar-refractivity contribution in [2.75, 3.05) is 7.11 Å². The van der Waals surface area contributed by atoms with E-state index < -0.39 is 23.8 Å². The first-order valence-electron chi connectivity index (χ1n) is 7.58. The molecule has 0 bridgehead atoms. The van der Waals surface area contributed by atoms with Crippen molar-refractivity contribution < 1.29 is 28.6 Å². The molecule has 0 heterocycles. The van der Waals surface area contributed by atoms with Gasteiger partial charge in [-0.05, 0) is 31.2 Å². The molecule has 26 heavy (non-hydrogen) atoms. The molecule has 2 aromatic rings. The van der Waals surface area contributed by atoms with Crippen LogP contribution in [0, 0.1) is 5.82 Å². The molecule has 2 rings (SSSR count). The summed E-state index contributed by atoms with van der Waals surface area (Å²) in [5.41, 5.74) is 2.44. The van der Waals surface area contributed by atoms with Crippen molar-refractivity contribution in [1.82, 2.24) is 5.43 Å². The summed E-state index contributed by atoms with van der Waals surface area (Å²) in [5.74, 6) is -2.06. The Hall–Kier alpha value is -3.42. The van der Waals surface area contributed by atoms with E-state index in [4.69, 9.17) is 14.6 Å². The van der Waals surface area contributed by atoms with Crippen LogP contribution in [0.3, 0.4) is 0 Å². The van der Waals surface area contributed by atoms with Gasteiger partial charge in [0.2, 0.25) is 0 Å². The van der Waals surface area contributed by atoms with E-state index in [9.17, 15) is 14.0 Å². The highest BCUT2D eigenvalue weighted by Gasteiger charge is 2.18. The number of amides is 1. The predicted molar refractivity (Wildman–Crippen MR) is 92.2 cm³/mol. The maximum atomic E-state index is 13.6. The third-order valence-electron chi connectivity index (χ3n) is 3.36. The van der Waals surface area contributed by atoms with E-state index in [-0.39, 0.29) is 11.3 Å². The predicted octanol–water partition coefficient (Wildman–Crippen LogP) is 2.45. The average Bonchev–Trinajstić information content (AvgIpc) is 2.62. The van der Waals surface area contributed by atoms with Crippen LogP contribution in [0.1, 0.15) is 22.8 Å². The fourth-order valence-corrected chi connectivity index (χ4v) is 2.01. The topological polar surface area (TPSA) is 97.2 Å². The molecule has 1 atom stereocenters. The largest absolute Gasteiger partial charge is 0.493 e. The molecule has 8 heteroatoms. The molecule has 0 unspecified atom stereocenters. The van der Waals surface area contributed by atoms with Gasteiger partial charge in [0, 0.05) is 5.56 Å². The third kappa shape index (κ3) is 4.56. The van der Waals surface area contributed by atoms with Gasteiger partial charge in [0.15, 0.2) is 17.6 Å². The Bertz CT molecular complexity index is 838. The fourth-order valence-electron chi connectivity index (χ4n) is 2.01. The van der Waals surface area contributed by atoms with E-state index in [2.05, 4.69) is 10.5 Å². The standard InChI is InChI=1S/C18H17FN2O5/c1-11(18(23)24)26-16-12(6-5-9-15(16)25-2)10-20-21-17(22)13-7-3-4-8-14(13)19/h3-11H,1-2H3,(H,21,22)(H,23,24)/b20-10-/t11-/m1/s1. The number of nitrogens with zero attached hydrogens (tertiary/aromatic N) is 1. The summed E-state index contributed by atoms with van der Waals surface area (Å²) < 4.78 is 24.1. The maximum absolute atomic E-state index is 13.6. The number of para-hydroxylation sites is 1. The highest BCUT2D eigenvalue weighted by molar-refractivity contribution is 5.95. The van der Waals surface area contributed by atoms with Crippen LogP contribution in [0.4, 0.5) is 4.39 Å². The summed E-state index contributed by atoms with van der Waals surface area (Å²) in [4.78, 5) is 22.9. The molecule has 7 nitrogen and oxygen atoms in total. The quantitative estimate of drug-likeness (QED) is 0.584. The van der Waals surface area contributed by atoms with Crippen LogP contribution in [-0.2, 0) is 4.79 Å². The highest BCUT2D eigenvalue weighted by Crippen LogP contribution is 2.31. The van der Waals surface area contributed by atoms with Crippen LogP contribution in [0.25, 0.3) is 0 Å². The van der Waals surface area contributed by atoms with E-state index in [0.29, 0.717) is 11.3 Å². The van der Waals surface area contributed by atoms with Crippen LogP contribution in [0.2, 0.25) is 0 Å². The molecule has 0 aliphatic heterocycles. The van der Waals surface area contributed by atoms with Crippen molar-refractivity contribution in [1.29, 1.82) is 0 Å². The van der Waals surface area contributed by atoms with E-state index >= 15 is 0 Å². The Morgan fingerprint density at radius 1 is 1.23 bits per heavy atom. The molecule has 0 radical (unpaired) electrons. The molecule has 2 aromatic carbocycles. The lowest BCUT2D eigenvalue weighted by atomic mass is 10.2. The van der Waals surface area contributed by atoms with Gasteiger partial charge in [-0.15, -0.1) is 0 Å². The van der Waals surface area contributed by atoms with Gasteiger partial charge in [0.1, 0.15) is 5.82 Å². The van der Waals surface area contributed by atoms with Gasteiger partial charge in [-0.25, -0.2) is 14.6 Å². The van der Waals surface area contributed by atoms with E-state index in [1.807, 2.05) is 0 Å². The first kappa shape index (κ1) is 18.9. The molecule has 0 saturated heterocycles. The molecular weight excluding hydrogens is 343 g/mol. The zero-order valence-electron chi connectivity index (χ0n) is 14.1. The van der Waals surface area contributed by atoms with Crippen LogP contribution >= 0.6 is 0 Å². The minimum absolute atomic E-state index is 0.147. The SMILES string of the molecule is COc1cccc(/C=N\NC(=O)c2ccccc2F)c1O[C@H](C)C(=O)O. The normalized spacial score (nSPS) is 11.8. The van der Waals surface area contributed by atoms with Crippen molar-refractivity contribution >= 4 is 18.1 Å². The first-order valence-corrected chi connectivity index (χ1v) is 7.58. The molecule has 136 valence electrons. The molecule has 2 N–H and O–H groups in total. The molecule has 0 aliphatic rings. The number of rotatable bonds is 7. The van der Waals surface area contributed by atoms with Gasteiger partial charge in [0.05, 0.1) is 18.9 Å². The summed E-state index contributed by atoms with van der Waals surface area (Å²) in [5, 5.41) is 12.8. The zero-order chi connectivity index (χ0) is 19.1. The second kappa shape index (κ2) is 8.61. The zero-order valence-corrected chi connectivity index (χ0v) is 14.1. The van der Waals surface area contributed by atoms with Crippen molar-refractivity contribution in [2.45, 2.75) is 13.0 Å². The van der Waals surface area contributed by atoms with Gasteiger partial charge in [-0.1, -0.05) is 18.2 Å². The summed E-state index contributed by atoms with van der Waals surface area (Å²) >= 11 is 0. The number of hydrogen-bond donors (Lipinski definition) is 2. The Morgan fingerprint density at radius 3 is 2.62 bits per heavy atom. The summed E-state index contributed by atoms with van der Waals surface area (Å²) in [6.07, 6.45) is 0.136. The number of benzene rings is 2. The van der Waals surface area contributed by atoms with Crippen LogP contribution in [-0.4, -0.2) is 36.4 Å². The highest BCUT2D eigenvalue weighted by atomic mass is 19.1. The fraction of sp³-hybridized carbons (Fsp3) is 0.167. The number of hydrogen-bond acceptors (Lipinski definition) is 5. The van der Waals surface area contributed by atoms with Crippen LogP contribution in [0.15, 0.2) is 47.6 Å². The van der Waals surface area contributed by atoms with Gasteiger partial charge in [-0.2, -0.15) is 5.10 Å². The second-order valence-electron chi connectivity index (χ2n) is 5.16. The number of carbonyl (C=O) groups is 2. The van der Waals surface area contributed by atoms with Crippen molar-refractivity contribution in [3.05, 3.63) is 59.4 Å². The number of carboxylic acids is 1. The van der Waals surface area contributed by atoms with Gasteiger partial charge >= 0.3 is 5.97 Å². The monoisotopic (exact) mass is 360 g/mol. The lowest BCUT2D eigenvalue weighted by Crippen LogP contribution is -2.24. The number of halogens is 1. The van der Waals surface area contributed by atoms with Gasteiger partial charge < -0.3 is 14.6 Å². The molecule has 1 amide bonds. The van der Waals surface area contributed by atoms with Gasteiger partial charge in [-0.3, -0.25) is 4.79 Å². The second-order valence-corrected chi connectivity index (χ2v) is 5.16. The maximum Gasteiger partial charge on any atom is 0.344 e. The third-order valence-corrected chi connectivity index (χ3v) is 3.36. The lowest BCUT2D eigenvalue weighted by Gasteiger charge is -2.15. The number of ether oxygens (including phenoxy) is 2. The molecule has 0 aliphatic carbocycles. The smallest absolute Gasteiger partial charge is 0.344 e. The van der Waals surface area contributed by atoms with Crippen LogP contribution in [0.5, 0.6) is 11.5 Å². The number of methoxy groups -OCH3 is 1. The summed E-state index contributed by atoms with van der Waals surface area (Å²) in [6, 6.07) is 10.3. The first-order chi connectivity index (χ1) is 12.4. The van der Waals surface area contributed by atoms with E-state index in [1.54, 1.807) is 18.2 Å². The molecule has 0 aromatic heterocycles. The summed E-state index contributed by atoms with van der Waals surface area (Å²) in [7, 11) is 1.41. The molecule has 0 saturated carbocycles. The molecular formula is C18H17FN2O5. The average molecular weight is 360 g/mol. The number of nitrogens with one attached hydrogen (secondary N) is 1. The molecule has 0 spiro atoms. The van der Waals surface area contributed by atoms with E-state index in [0.717, 1.165) is 0 Å². The van der Waals surface area contributed by atoms with E-state index in [1.165, 1.54) is 44.5 Å². The minimum Gasteiger partial charge on any atom is -0.493 e. The summed E-state index contributed by atoms with van der Waals surface area (Å²) in [6.45, 7) is 1.37. The number of carboxylic acid groups (broad SMARTS) is 1. The molecule has 0 fully saturated rings. The van der Waals surface area contributed by atoms with Gasteiger partial charge in [0.25, 0.3) is 5.91 Å². The Morgan fingerprint density at radius 2 is 1.96 bits per heavy atom. The van der Waals surface area contributed by atoms with Crippen molar-refractivity contribution in [2.24, 2.45) is 5.10 Å². The number of carbonyl (C=O) groups excluding carboxylic acids is 1. The number of aliphatic carboxylic acids is 1. The van der Waals surface area contributed by atoms with Crippen molar-refractivity contribution in [3.63, 3.8) is 0 Å². The van der Waals surface area contributed by atoms with Crippen LogP contribution < -0.4 is 14.9 Å². The minimum atomic E-state index is -1.15.